The number of benzene rings is 1. The number of aliphatic imine (C=N–C) groups is 1. The monoisotopic (exact) mass is 324 g/mol. The number of nitrogens with two attached hydrogens (primary N) is 2. The van der Waals surface area contributed by atoms with Gasteiger partial charge in [-0.15, -0.1) is 0 Å². The summed E-state index contributed by atoms with van der Waals surface area (Å²) in [5, 5.41) is 1.99. The molecule has 0 fully saturated rings. The van der Waals surface area contributed by atoms with Crippen molar-refractivity contribution in [3.05, 3.63) is 28.2 Å². The normalized spacial score (nSPS) is 12.3. The van der Waals surface area contributed by atoms with Crippen LogP contribution in [0.1, 0.15) is 5.56 Å². The van der Waals surface area contributed by atoms with E-state index in [2.05, 4.69) is 20.9 Å². The smallest absolute Gasteiger partial charge is 0.369 e. The van der Waals surface area contributed by atoms with Crippen molar-refractivity contribution >= 4 is 33.6 Å². The van der Waals surface area contributed by atoms with Crippen molar-refractivity contribution in [2.75, 3.05) is 0 Å². The van der Waals surface area contributed by atoms with Crippen LogP contribution in [0.3, 0.4) is 0 Å². The van der Waals surface area contributed by atoms with Gasteiger partial charge in [-0.2, -0.15) is 13.2 Å². The third-order valence-corrected chi connectivity index (χ3v) is 2.40. The third-order valence-electron chi connectivity index (χ3n) is 1.77. The van der Waals surface area contributed by atoms with Gasteiger partial charge in [0.15, 0.2) is 0 Å². The number of halogens is 4. The van der Waals surface area contributed by atoms with Gasteiger partial charge in [-0.05, 0) is 34.1 Å². The van der Waals surface area contributed by atoms with Crippen LogP contribution < -0.4 is 16.8 Å². The molecule has 0 unspecified atom stereocenters. The van der Waals surface area contributed by atoms with E-state index in [-0.39, 0.29) is 16.1 Å². The zero-order chi connectivity index (χ0) is 13.9. The van der Waals surface area contributed by atoms with E-state index in [0.717, 1.165) is 18.2 Å². The summed E-state index contributed by atoms with van der Waals surface area (Å²) >= 11 is 2.93. The van der Waals surface area contributed by atoms with Crippen LogP contribution in [0.5, 0.6) is 0 Å². The van der Waals surface area contributed by atoms with Gasteiger partial charge >= 0.3 is 12.2 Å². The first-order valence-corrected chi connectivity index (χ1v) is 5.27. The van der Waals surface area contributed by atoms with E-state index in [1.807, 2.05) is 5.32 Å². The Kier molecular flexibility index (Phi) is 4.17. The summed E-state index contributed by atoms with van der Waals surface area (Å²) in [5.41, 5.74) is 9.40. The van der Waals surface area contributed by atoms with E-state index in [4.69, 9.17) is 11.5 Å². The first-order chi connectivity index (χ1) is 8.20. The second-order valence-corrected chi connectivity index (χ2v) is 4.00. The quantitative estimate of drug-likeness (QED) is 0.545. The molecule has 0 spiro atoms. The van der Waals surface area contributed by atoms with Crippen LogP contribution in [0, 0.1) is 0 Å². The molecule has 5 N–H and O–H groups in total. The fourth-order valence-corrected chi connectivity index (χ4v) is 1.53. The van der Waals surface area contributed by atoms with Crippen LogP contribution in [0.4, 0.5) is 23.7 Å². The lowest BCUT2D eigenvalue weighted by atomic mass is 10.2. The van der Waals surface area contributed by atoms with Gasteiger partial charge in [-0.1, -0.05) is 0 Å². The molecular formula is C9H8BrF3N4O. The van der Waals surface area contributed by atoms with Crippen LogP contribution >= 0.6 is 15.9 Å². The van der Waals surface area contributed by atoms with E-state index in [1.54, 1.807) is 0 Å². The van der Waals surface area contributed by atoms with Crippen molar-refractivity contribution < 1.29 is 18.0 Å². The Bertz CT molecular complexity index is 501. The first-order valence-electron chi connectivity index (χ1n) is 4.47. The number of urea groups is 1. The largest absolute Gasteiger partial charge is 0.416 e. The van der Waals surface area contributed by atoms with Gasteiger partial charge in [-0.25, -0.2) is 9.79 Å². The summed E-state index contributed by atoms with van der Waals surface area (Å²) in [5.74, 6) is -0.317. The number of carbonyl (C=O) groups excluding carboxylic acids is 1. The molecule has 1 rings (SSSR count). The lowest BCUT2D eigenvalue weighted by Crippen LogP contribution is -2.39. The summed E-state index contributed by atoms with van der Waals surface area (Å²) in [7, 11) is 0. The molecule has 9 heteroatoms. The summed E-state index contributed by atoms with van der Waals surface area (Å²) in [4.78, 5) is 14.2. The number of guanidine groups is 1. The molecule has 1 aromatic rings. The summed E-state index contributed by atoms with van der Waals surface area (Å²) in [6.45, 7) is 0. The molecule has 0 aliphatic rings. The number of amides is 2. The zero-order valence-electron chi connectivity index (χ0n) is 8.75. The second kappa shape index (κ2) is 5.25. The molecule has 1 aromatic carbocycles. The molecule has 98 valence electrons. The molecular weight excluding hydrogens is 317 g/mol. The van der Waals surface area contributed by atoms with E-state index in [0.29, 0.717) is 0 Å². The minimum absolute atomic E-state index is 0.0894. The molecule has 0 saturated carbocycles. The Labute approximate surface area is 108 Å². The van der Waals surface area contributed by atoms with Crippen LogP contribution in [0.2, 0.25) is 0 Å². The van der Waals surface area contributed by atoms with Crippen LogP contribution in [0.25, 0.3) is 0 Å². The van der Waals surface area contributed by atoms with Crippen molar-refractivity contribution in [3.8, 4) is 0 Å². The predicted octanol–water partition coefficient (Wildman–Crippen LogP) is 2.08. The maximum Gasteiger partial charge on any atom is 0.416 e. The Hall–Kier alpha value is -1.77. The van der Waals surface area contributed by atoms with Gasteiger partial charge in [0.25, 0.3) is 0 Å². The SMILES string of the molecule is NC(=O)NC(N)=Nc1ccc(C(F)(F)F)cc1Br. The maximum absolute atomic E-state index is 12.4. The number of alkyl halides is 3. The number of rotatable bonds is 1. The van der Waals surface area contributed by atoms with E-state index >= 15 is 0 Å². The number of hydrogen-bond acceptors (Lipinski definition) is 2. The van der Waals surface area contributed by atoms with Crippen molar-refractivity contribution in [3.63, 3.8) is 0 Å². The highest BCUT2D eigenvalue weighted by atomic mass is 79.9. The molecule has 0 atom stereocenters. The third kappa shape index (κ3) is 3.91. The Morgan fingerprint density at radius 1 is 1.33 bits per heavy atom. The molecule has 0 aromatic heterocycles. The fraction of sp³-hybridized carbons (Fsp3) is 0.111. The van der Waals surface area contributed by atoms with E-state index in [1.165, 1.54) is 0 Å². The molecule has 0 aliphatic heterocycles. The highest BCUT2D eigenvalue weighted by Gasteiger charge is 2.30. The van der Waals surface area contributed by atoms with Crippen molar-refractivity contribution in [2.45, 2.75) is 6.18 Å². The molecule has 5 nitrogen and oxygen atoms in total. The Morgan fingerprint density at radius 2 is 1.94 bits per heavy atom. The Balaban J connectivity index is 3.03. The topological polar surface area (TPSA) is 93.5 Å². The molecule has 18 heavy (non-hydrogen) atoms. The van der Waals surface area contributed by atoms with Crippen LogP contribution in [-0.4, -0.2) is 12.0 Å². The van der Waals surface area contributed by atoms with Gasteiger partial charge < -0.3 is 11.5 Å². The second-order valence-electron chi connectivity index (χ2n) is 3.15. The van der Waals surface area contributed by atoms with Gasteiger partial charge in [0.2, 0.25) is 5.96 Å². The number of carbonyl (C=O) groups is 1. The fourth-order valence-electron chi connectivity index (χ4n) is 1.06. The van der Waals surface area contributed by atoms with Gasteiger partial charge in [0.05, 0.1) is 11.3 Å². The van der Waals surface area contributed by atoms with Gasteiger partial charge in [0.1, 0.15) is 0 Å². The summed E-state index contributed by atoms with van der Waals surface area (Å²) < 4.78 is 37.2. The standard InChI is InChI=1S/C9H8BrF3N4O/c10-5-3-4(9(11,12)13)1-2-6(5)16-7(14)17-8(15)18/h1-3H,(H5,14,15,16,17,18). The molecule has 0 aliphatic carbocycles. The molecule has 0 saturated heterocycles. The van der Waals surface area contributed by atoms with E-state index in [9.17, 15) is 18.0 Å². The van der Waals surface area contributed by atoms with Gasteiger partial charge in [-0.3, -0.25) is 5.32 Å². The number of hydrogen-bond donors (Lipinski definition) is 3. The average molecular weight is 325 g/mol. The van der Waals surface area contributed by atoms with E-state index < -0.39 is 17.8 Å². The summed E-state index contributed by atoms with van der Waals surface area (Å²) in [6.07, 6.45) is -4.44. The zero-order valence-corrected chi connectivity index (χ0v) is 10.3. The molecule has 0 heterocycles. The van der Waals surface area contributed by atoms with Crippen LogP contribution in [0.15, 0.2) is 27.7 Å². The van der Waals surface area contributed by atoms with Crippen LogP contribution in [-0.2, 0) is 6.18 Å². The lowest BCUT2D eigenvalue weighted by Gasteiger charge is -2.08. The highest BCUT2D eigenvalue weighted by molar-refractivity contribution is 9.10. The van der Waals surface area contributed by atoms with Crippen molar-refractivity contribution in [1.29, 1.82) is 0 Å². The predicted molar refractivity (Wildman–Crippen MR) is 63.1 cm³/mol. The minimum atomic E-state index is -4.44. The molecule has 0 radical (unpaired) electrons. The lowest BCUT2D eigenvalue weighted by molar-refractivity contribution is -0.137. The number of nitrogens with zero attached hydrogens (tertiary/aromatic N) is 1. The average Bonchev–Trinajstić information content (AvgIpc) is 2.18. The maximum atomic E-state index is 12.4. The van der Waals surface area contributed by atoms with Crippen molar-refractivity contribution in [2.24, 2.45) is 16.5 Å². The minimum Gasteiger partial charge on any atom is -0.369 e. The van der Waals surface area contributed by atoms with Crippen molar-refractivity contribution in [1.82, 2.24) is 5.32 Å². The highest BCUT2D eigenvalue weighted by Crippen LogP contribution is 2.34. The molecule has 2 amide bonds. The number of nitrogens with one attached hydrogen (secondary N) is 1. The Morgan fingerprint density at radius 3 is 2.39 bits per heavy atom. The summed E-state index contributed by atoms with van der Waals surface area (Å²) in [6, 6.07) is 1.90. The first kappa shape index (κ1) is 14.3. The van der Waals surface area contributed by atoms with Gasteiger partial charge in [0, 0.05) is 4.47 Å². The number of primary amides is 1. The molecule has 0 bridgehead atoms.